The van der Waals surface area contributed by atoms with Gasteiger partial charge in [0, 0.05) is 23.7 Å². The summed E-state index contributed by atoms with van der Waals surface area (Å²) in [5.74, 6) is 1.10. The van der Waals surface area contributed by atoms with E-state index in [-0.39, 0.29) is 11.9 Å². The summed E-state index contributed by atoms with van der Waals surface area (Å²) in [5, 5.41) is 4.67. The Morgan fingerprint density at radius 1 is 1.15 bits per heavy atom. The van der Waals surface area contributed by atoms with Gasteiger partial charge < -0.3 is 9.26 Å². The van der Waals surface area contributed by atoms with Crippen LogP contribution in [0.4, 0.5) is 4.39 Å². The summed E-state index contributed by atoms with van der Waals surface area (Å²) >= 11 is 6.01. The molecule has 0 aliphatic carbocycles. The van der Waals surface area contributed by atoms with Gasteiger partial charge in [-0.3, -0.25) is 4.90 Å². The van der Waals surface area contributed by atoms with Crippen LogP contribution in [0.25, 0.3) is 11.4 Å². The highest BCUT2D eigenvalue weighted by atomic mass is 35.5. The normalized spacial score (nSPS) is 15.8. The molecule has 5 nitrogen and oxygen atoms in total. The number of hydrogen-bond acceptors (Lipinski definition) is 5. The number of para-hydroxylation sites is 1. The van der Waals surface area contributed by atoms with E-state index in [1.165, 1.54) is 6.07 Å². The van der Waals surface area contributed by atoms with E-state index in [2.05, 4.69) is 15.0 Å². The summed E-state index contributed by atoms with van der Waals surface area (Å²) in [6.07, 6.45) is 1.66. The fraction of sp³-hybridized carbons (Fsp3) is 0.300. The quantitative estimate of drug-likeness (QED) is 0.641. The van der Waals surface area contributed by atoms with Crippen molar-refractivity contribution in [1.29, 1.82) is 0 Å². The first-order valence-corrected chi connectivity index (χ1v) is 9.27. The van der Waals surface area contributed by atoms with Gasteiger partial charge in [0.25, 0.3) is 0 Å². The Morgan fingerprint density at radius 2 is 1.96 bits per heavy atom. The highest BCUT2D eigenvalue weighted by Gasteiger charge is 2.23. The van der Waals surface area contributed by atoms with Gasteiger partial charge in [0.05, 0.1) is 6.54 Å². The zero-order chi connectivity index (χ0) is 18.6. The first-order chi connectivity index (χ1) is 13.2. The third-order valence-corrected chi connectivity index (χ3v) is 4.81. The van der Waals surface area contributed by atoms with Crippen molar-refractivity contribution in [2.24, 2.45) is 0 Å². The lowest BCUT2D eigenvalue weighted by atomic mass is 10.1. The number of likely N-dealkylation sites (tertiary alicyclic amines) is 1. The number of ether oxygens (including phenoxy) is 1. The monoisotopic (exact) mass is 387 g/mol. The standard InChI is InChI=1S/C20H19ClFN3O2/c21-15-5-3-4-14(12-15)20-23-19(27-24-20)13-25-10-8-16(9-11-25)26-18-7-2-1-6-17(18)22/h1-7,12,16H,8-11,13H2. The van der Waals surface area contributed by atoms with Crippen LogP contribution in [0, 0.1) is 5.82 Å². The number of nitrogens with zero attached hydrogens (tertiary/aromatic N) is 3. The molecule has 0 spiro atoms. The Balaban J connectivity index is 1.31. The number of hydrogen-bond donors (Lipinski definition) is 0. The van der Waals surface area contributed by atoms with Crippen LogP contribution in [0.1, 0.15) is 18.7 Å². The van der Waals surface area contributed by atoms with Crippen molar-refractivity contribution < 1.29 is 13.7 Å². The van der Waals surface area contributed by atoms with Crippen LogP contribution >= 0.6 is 11.6 Å². The molecule has 4 rings (SSSR count). The Kier molecular flexibility index (Phi) is 5.36. The Hall–Kier alpha value is -2.44. The van der Waals surface area contributed by atoms with E-state index < -0.39 is 0 Å². The molecule has 0 amide bonds. The number of aromatic nitrogens is 2. The predicted molar refractivity (Wildman–Crippen MR) is 100 cm³/mol. The number of halogens is 2. The summed E-state index contributed by atoms with van der Waals surface area (Å²) in [6.45, 7) is 2.24. The summed E-state index contributed by atoms with van der Waals surface area (Å²) < 4.78 is 24.9. The van der Waals surface area contributed by atoms with Crippen molar-refractivity contribution in [3.8, 4) is 17.1 Å². The second-order valence-electron chi connectivity index (χ2n) is 6.55. The smallest absolute Gasteiger partial charge is 0.241 e. The molecule has 0 saturated carbocycles. The predicted octanol–water partition coefficient (Wildman–Crippen LogP) is 4.57. The number of piperidine rings is 1. The van der Waals surface area contributed by atoms with Gasteiger partial charge in [-0.15, -0.1) is 0 Å². The molecule has 3 aromatic rings. The molecular formula is C20H19ClFN3O2. The third-order valence-electron chi connectivity index (χ3n) is 4.57. The van der Waals surface area contributed by atoms with Crippen LogP contribution in [0.5, 0.6) is 5.75 Å². The van der Waals surface area contributed by atoms with Crippen LogP contribution in [-0.4, -0.2) is 34.2 Å². The maximum atomic E-state index is 13.7. The molecule has 27 heavy (non-hydrogen) atoms. The van der Waals surface area contributed by atoms with Crippen LogP contribution in [0.3, 0.4) is 0 Å². The molecule has 2 aromatic carbocycles. The summed E-state index contributed by atoms with van der Waals surface area (Å²) in [4.78, 5) is 6.69. The average molecular weight is 388 g/mol. The van der Waals surface area contributed by atoms with Gasteiger partial charge in [-0.2, -0.15) is 4.98 Å². The lowest BCUT2D eigenvalue weighted by Crippen LogP contribution is -2.38. The van der Waals surface area contributed by atoms with Gasteiger partial charge in [0.15, 0.2) is 11.6 Å². The van der Waals surface area contributed by atoms with E-state index in [0.717, 1.165) is 31.5 Å². The Morgan fingerprint density at radius 3 is 2.74 bits per heavy atom. The molecule has 1 aliphatic rings. The second kappa shape index (κ2) is 8.06. The minimum atomic E-state index is -0.320. The molecule has 0 atom stereocenters. The van der Waals surface area contributed by atoms with E-state index in [1.807, 2.05) is 18.2 Å². The van der Waals surface area contributed by atoms with Gasteiger partial charge in [0.2, 0.25) is 11.7 Å². The molecule has 7 heteroatoms. The highest BCUT2D eigenvalue weighted by Crippen LogP contribution is 2.23. The highest BCUT2D eigenvalue weighted by molar-refractivity contribution is 6.30. The van der Waals surface area contributed by atoms with E-state index in [9.17, 15) is 4.39 Å². The molecule has 0 N–H and O–H groups in total. The molecule has 1 aliphatic heterocycles. The van der Waals surface area contributed by atoms with Gasteiger partial charge in [0.1, 0.15) is 6.10 Å². The topological polar surface area (TPSA) is 51.4 Å². The van der Waals surface area contributed by atoms with Gasteiger partial charge in [-0.25, -0.2) is 4.39 Å². The number of benzene rings is 2. The van der Waals surface area contributed by atoms with E-state index in [4.69, 9.17) is 20.9 Å². The first kappa shape index (κ1) is 17.9. The van der Waals surface area contributed by atoms with Crippen molar-refractivity contribution >= 4 is 11.6 Å². The van der Waals surface area contributed by atoms with Crippen molar-refractivity contribution in [3.63, 3.8) is 0 Å². The fourth-order valence-corrected chi connectivity index (χ4v) is 3.35. The van der Waals surface area contributed by atoms with E-state index >= 15 is 0 Å². The van der Waals surface area contributed by atoms with Gasteiger partial charge >= 0.3 is 0 Å². The Bertz CT molecular complexity index is 910. The van der Waals surface area contributed by atoms with Crippen molar-refractivity contribution in [2.75, 3.05) is 13.1 Å². The minimum Gasteiger partial charge on any atom is -0.487 e. The number of rotatable bonds is 5. The van der Waals surface area contributed by atoms with Gasteiger partial charge in [-0.1, -0.05) is 41.0 Å². The second-order valence-corrected chi connectivity index (χ2v) is 6.98. The van der Waals surface area contributed by atoms with Crippen LogP contribution < -0.4 is 4.74 Å². The summed E-state index contributed by atoms with van der Waals surface area (Å²) in [6, 6.07) is 13.9. The lowest BCUT2D eigenvalue weighted by Gasteiger charge is -2.31. The molecular weight excluding hydrogens is 369 g/mol. The zero-order valence-electron chi connectivity index (χ0n) is 14.6. The van der Waals surface area contributed by atoms with Crippen molar-refractivity contribution in [1.82, 2.24) is 15.0 Å². The van der Waals surface area contributed by atoms with E-state index in [0.29, 0.717) is 29.0 Å². The summed E-state index contributed by atoms with van der Waals surface area (Å²) in [5.41, 5.74) is 0.828. The van der Waals surface area contributed by atoms with Crippen LogP contribution in [-0.2, 0) is 6.54 Å². The molecule has 1 fully saturated rings. The maximum absolute atomic E-state index is 13.7. The third kappa shape index (κ3) is 4.46. The van der Waals surface area contributed by atoms with E-state index in [1.54, 1.807) is 24.3 Å². The molecule has 1 saturated heterocycles. The van der Waals surface area contributed by atoms with Crippen LogP contribution in [0.15, 0.2) is 53.1 Å². The molecule has 0 bridgehead atoms. The average Bonchev–Trinajstić information content (AvgIpc) is 3.14. The van der Waals surface area contributed by atoms with Gasteiger partial charge in [-0.05, 0) is 37.1 Å². The largest absolute Gasteiger partial charge is 0.487 e. The van der Waals surface area contributed by atoms with Crippen molar-refractivity contribution in [2.45, 2.75) is 25.5 Å². The van der Waals surface area contributed by atoms with Crippen LogP contribution in [0.2, 0.25) is 5.02 Å². The zero-order valence-corrected chi connectivity index (χ0v) is 15.4. The van der Waals surface area contributed by atoms with Crippen molar-refractivity contribution in [3.05, 3.63) is 65.3 Å². The summed E-state index contributed by atoms with van der Waals surface area (Å²) in [7, 11) is 0. The molecule has 0 radical (unpaired) electrons. The maximum Gasteiger partial charge on any atom is 0.241 e. The molecule has 0 unspecified atom stereocenters. The molecule has 1 aromatic heterocycles. The Labute approximate surface area is 161 Å². The first-order valence-electron chi connectivity index (χ1n) is 8.89. The molecule has 2 heterocycles. The lowest BCUT2D eigenvalue weighted by molar-refractivity contribution is 0.0875. The molecule has 140 valence electrons. The minimum absolute atomic E-state index is 0.0165. The SMILES string of the molecule is Fc1ccccc1OC1CCN(Cc2nc(-c3cccc(Cl)c3)no2)CC1. The fourth-order valence-electron chi connectivity index (χ4n) is 3.16.